The van der Waals surface area contributed by atoms with Crippen LogP contribution in [0, 0.1) is 6.92 Å². The lowest BCUT2D eigenvalue weighted by atomic mass is 10.1. The second kappa shape index (κ2) is 9.52. The van der Waals surface area contributed by atoms with E-state index in [0.29, 0.717) is 11.3 Å². The molecule has 0 aliphatic heterocycles. The number of methoxy groups -OCH3 is 2. The highest BCUT2D eigenvalue weighted by Gasteiger charge is 2.21. The molecular weight excluding hydrogens is 432 g/mol. The number of anilines is 2. The van der Waals surface area contributed by atoms with E-state index in [4.69, 9.17) is 9.47 Å². The number of hydrogen-bond donors (Lipinski definition) is 2. The van der Waals surface area contributed by atoms with Crippen LogP contribution in [-0.4, -0.2) is 34.5 Å². The predicted molar refractivity (Wildman–Crippen MR) is 121 cm³/mol. The lowest BCUT2D eigenvalue weighted by Crippen LogP contribution is -2.17. The Morgan fingerprint density at radius 3 is 2.16 bits per heavy atom. The molecule has 3 aromatic rings. The molecule has 9 heteroatoms. The zero-order chi connectivity index (χ0) is 23.3. The van der Waals surface area contributed by atoms with E-state index in [1.807, 2.05) is 6.07 Å². The van der Waals surface area contributed by atoms with Crippen LogP contribution in [0.25, 0.3) is 0 Å². The van der Waals surface area contributed by atoms with Gasteiger partial charge in [-0.3, -0.25) is 9.52 Å². The average Bonchev–Trinajstić information content (AvgIpc) is 2.78. The van der Waals surface area contributed by atoms with Gasteiger partial charge in [-0.25, -0.2) is 13.2 Å². The number of hydrogen-bond acceptors (Lipinski definition) is 6. The van der Waals surface area contributed by atoms with E-state index >= 15 is 0 Å². The van der Waals surface area contributed by atoms with Gasteiger partial charge in [0.25, 0.3) is 15.9 Å². The van der Waals surface area contributed by atoms with Gasteiger partial charge in [0, 0.05) is 5.56 Å². The van der Waals surface area contributed by atoms with Crippen molar-refractivity contribution in [1.82, 2.24) is 0 Å². The molecule has 0 atom stereocenters. The first kappa shape index (κ1) is 22.8. The van der Waals surface area contributed by atoms with Crippen LogP contribution in [0.1, 0.15) is 26.3 Å². The molecule has 0 bridgehead atoms. The topological polar surface area (TPSA) is 111 Å². The molecule has 0 radical (unpaired) electrons. The summed E-state index contributed by atoms with van der Waals surface area (Å²) in [5.41, 5.74) is 1.55. The van der Waals surface area contributed by atoms with Gasteiger partial charge < -0.3 is 14.8 Å². The highest BCUT2D eigenvalue weighted by Crippen LogP contribution is 2.30. The first-order chi connectivity index (χ1) is 15.3. The molecular formula is C23H22N2O6S. The Labute approximate surface area is 186 Å². The summed E-state index contributed by atoms with van der Waals surface area (Å²) < 4.78 is 38.4. The molecule has 0 aliphatic carbocycles. The van der Waals surface area contributed by atoms with Crippen molar-refractivity contribution in [3.8, 4) is 5.75 Å². The van der Waals surface area contributed by atoms with Gasteiger partial charge in [-0.05, 0) is 48.9 Å². The van der Waals surface area contributed by atoms with Crippen LogP contribution >= 0.6 is 0 Å². The number of para-hydroxylation sites is 1. The van der Waals surface area contributed by atoms with E-state index in [1.165, 1.54) is 44.6 Å². The molecule has 2 N–H and O–H groups in total. The normalized spacial score (nSPS) is 10.8. The minimum Gasteiger partial charge on any atom is -0.495 e. The van der Waals surface area contributed by atoms with Gasteiger partial charge in [-0.1, -0.05) is 30.3 Å². The quantitative estimate of drug-likeness (QED) is 0.525. The molecule has 0 aliphatic rings. The second-order valence-electron chi connectivity index (χ2n) is 6.77. The van der Waals surface area contributed by atoms with Crippen molar-refractivity contribution in [1.29, 1.82) is 0 Å². The summed E-state index contributed by atoms with van der Waals surface area (Å²) in [5, 5.41) is 2.70. The minimum atomic E-state index is -4.10. The van der Waals surface area contributed by atoms with Crippen LogP contribution in [0.15, 0.2) is 71.6 Å². The monoisotopic (exact) mass is 454 g/mol. The predicted octanol–water partition coefficient (Wildman–Crippen LogP) is 3.84. The fraction of sp³-hybridized carbons (Fsp3) is 0.130. The third-order valence-corrected chi connectivity index (χ3v) is 6.06. The van der Waals surface area contributed by atoms with Crippen LogP contribution in [0.3, 0.4) is 0 Å². The van der Waals surface area contributed by atoms with Crippen molar-refractivity contribution in [3.63, 3.8) is 0 Å². The van der Waals surface area contributed by atoms with Crippen molar-refractivity contribution in [3.05, 3.63) is 83.4 Å². The molecule has 0 heterocycles. The molecule has 8 nitrogen and oxygen atoms in total. The number of carbonyl (C=O) groups is 2. The molecule has 0 saturated heterocycles. The Morgan fingerprint density at radius 2 is 1.50 bits per heavy atom. The van der Waals surface area contributed by atoms with Crippen molar-refractivity contribution in [2.24, 2.45) is 0 Å². The van der Waals surface area contributed by atoms with Crippen molar-refractivity contribution in [2.45, 2.75) is 11.8 Å². The number of sulfonamides is 1. The lowest BCUT2D eigenvalue weighted by molar-refractivity contribution is 0.0602. The van der Waals surface area contributed by atoms with E-state index in [9.17, 15) is 18.0 Å². The Balaban J connectivity index is 1.95. The Kier molecular flexibility index (Phi) is 6.79. The highest BCUT2D eigenvalue weighted by atomic mass is 32.2. The largest absolute Gasteiger partial charge is 0.495 e. The number of aryl methyl sites for hydroxylation is 1. The standard InChI is InChI=1S/C23H22N2O6S/c1-15-8-4-5-9-17(15)22(26)24-20-14-16(12-13-21(20)30-2)32(28,29)25-19-11-7-6-10-18(19)23(27)31-3/h4-14,25H,1-3H3,(H,24,26). The smallest absolute Gasteiger partial charge is 0.339 e. The molecule has 3 rings (SSSR count). The van der Waals surface area contributed by atoms with Gasteiger partial charge in [0.15, 0.2) is 0 Å². The maximum Gasteiger partial charge on any atom is 0.339 e. The van der Waals surface area contributed by atoms with Crippen molar-refractivity contribution in [2.75, 3.05) is 24.3 Å². The van der Waals surface area contributed by atoms with Crippen molar-refractivity contribution >= 4 is 33.3 Å². The van der Waals surface area contributed by atoms with Gasteiger partial charge in [0.2, 0.25) is 0 Å². The number of ether oxygens (including phenoxy) is 2. The number of carbonyl (C=O) groups excluding carboxylic acids is 2. The van der Waals surface area contributed by atoms with Gasteiger partial charge in [0.05, 0.1) is 36.1 Å². The van der Waals surface area contributed by atoms with Crippen LogP contribution in [0.5, 0.6) is 5.75 Å². The summed E-state index contributed by atoms with van der Waals surface area (Å²) in [4.78, 5) is 24.6. The zero-order valence-electron chi connectivity index (χ0n) is 17.7. The van der Waals surface area contributed by atoms with Crippen LogP contribution in [0.2, 0.25) is 0 Å². The van der Waals surface area contributed by atoms with Gasteiger partial charge in [-0.15, -0.1) is 0 Å². The van der Waals surface area contributed by atoms with E-state index in [1.54, 1.807) is 37.3 Å². The Morgan fingerprint density at radius 1 is 0.844 bits per heavy atom. The molecule has 0 saturated carbocycles. The van der Waals surface area contributed by atoms with Crippen LogP contribution in [0.4, 0.5) is 11.4 Å². The summed E-state index contributed by atoms with van der Waals surface area (Å²) in [7, 11) is -1.47. The summed E-state index contributed by atoms with van der Waals surface area (Å²) >= 11 is 0. The first-order valence-electron chi connectivity index (χ1n) is 9.52. The van der Waals surface area contributed by atoms with Gasteiger partial charge in [0.1, 0.15) is 5.75 Å². The Hall–Kier alpha value is -3.85. The number of benzene rings is 3. The van der Waals surface area contributed by atoms with E-state index in [-0.39, 0.29) is 21.8 Å². The molecule has 1 amide bonds. The van der Waals surface area contributed by atoms with E-state index < -0.39 is 21.9 Å². The molecule has 32 heavy (non-hydrogen) atoms. The fourth-order valence-corrected chi connectivity index (χ4v) is 4.14. The van der Waals surface area contributed by atoms with Crippen LogP contribution < -0.4 is 14.8 Å². The van der Waals surface area contributed by atoms with Crippen LogP contribution in [-0.2, 0) is 14.8 Å². The molecule has 0 unspecified atom stereocenters. The van der Waals surface area contributed by atoms with Gasteiger partial charge in [-0.2, -0.15) is 0 Å². The minimum absolute atomic E-state index is 0.0696. The second-order valence-corrected chi connectivity index (χ2v) is 8.46. The number of esters is 1. The maximum absolute atomic E-state index is 13.0. The van der Waals surface area contributed by atoms with E-state index in [2.05, 4.69) is 10.0 Å². The summed E-state index contributed by atoms with van der Waals surface area (Å²) in [6.07, 6.45) is 0. The van der Waals surface area contributed by atoms with Crippen molar-refractivity contribution < 1.29 is 27.5 Å². The average molecular weight is 455 g/mol. The summed E-state index contributed by atoms with van der Waals surface area (Å²) in [5.74, 6) is -0.787. The first-order valence-corrected chi connectivity index (χ1v) is 11.0. The summed E-state index contributed by atoms with van der Waals surface area (Å²) in [6, 6.07) is 17.2. The summed E-state index contributed by atoms with van der Waals surface area (Å²) in [6.45, 7) is 1.80. The molecule has 166 valence electrons. The molecule has 0 aromatic heterocycles. The fourth-order valence-electron chi connectivity index (χ4n) is 3.03. The molecule has 3 aromatic carbocycles. The highest BCUT2D eigenvalue weighted by molar-refractivity contribution is 7.92. The number of rotatable bonds is 7. The molecule has 0 spiro atoms. The SMILES string of the molecule is COC(=O)c1ccccc1NS(=O)(=O)c1ccc(OC)c(NC(=O)c2ccccc2C)c1. The van der Waals surface area contributed by atoms with Gasteiger partial charge >= 0.3 is 5.97 Å². The Bertz CT molecular complexity index is 1270. The van der Waals surface area contributed by atoms with E-state index in [0.717, 1.165) is 5.56 Å². The third kappa shape index (κ3) is 4.89. The molecule has 0 fully saturated rings. The number of nitrogens with one attached hydrogen (secondary N) is 2. The maximum atomic E-state index is 13.0. The third-order valence-electron chi connectivity index (χ3n) is 4.70. The zero-order valence-corrected chi connectivity index (χ0v) is 18.5. The number of amides is 1. The lowest BCUT2D eigenvalue weighted by Gasteiger charge is -2.15.